The molecule has 0 saturated carbocycles. The minimum absolute atomic E-state index is 0.0290. The van der Waals surface area contributed by atoms with Gasteiger partial charge in [0.15, 0.2) is 0 Å². The van der Waals surface area contributed by atoms with E-state index in [1.54, 1.807) is 4.80 Å². The van der Waals surface area contributed by atoms with Crippen molar-refractivity contribution in [3.05, 3.63) is 53.1 Å². The van der Waals surface area contributed by atoms with E-state index in [9.17, 15) is 5.11 Å². The molecule has 4 heteroatoms. The van der Waals surface area contributed by atoms with Crippen LogP contribution in [0.1, 0.15) is 63.6 Å². The summed E-state index contributed by atoms with van der Waals surface area (Å²) in [5.74, 6) is 0.419. The van der Waals surface area contributed by atoms with Gasteiger partial charge < -0.3 is 5.11 Å². The van der Waals surface area contributed by atoms with E-state index in [1.807, 2.05) is 24.3 Å². The summed E-state index contributed by atoms with van der Waals surface area (Å²) in [6.07, 6.45) is 1.66. The van der Waals surface area contributed by atoms with E-state index >= 15 is 0 Å². The molecule has 1 N–H and O–H groups in total. The Morgan fingerprint density at radius 2 is 1.69 bits per heavy atom. The molecule has 1 atom stereocenters. The summed E-state index contributed by atoms with van der Waals surface area (Å²) in [5, 5.41) is 19.1. The topological polar surface area (TPSA) is 50.9 Å². The van der Waals surface area contributed by atoms with Crippen LogP contribution >= 0.6 is 0 Å². The van der Waals surface area contributed by atoms with Gasteiger partial charge in [-0.3, -0.25) is 0 Å². The summed E-state index contributed by atoms with van der Waals surface area (Å²) in [7, 11) is 0. The largest absolute Gasteiger partial charge is 0.396 e. The van der Waals surface area contributed by atoms with Crippen molar-refractivity contribution in [2.24, 2.45) is 0 Å². The van der Waals surface area contributed by atoms with Crippen LogP contribution in [0.2, 0.25) is 0 Å². The maximum Gasteiger partial charge on any atom is 0.113 e. The van der Waals surface area contributed by atoms with Gasteiger partial charge in [-0.25, -0.2) is 0 Å². The van der Waals surface area contributed by atoms with Crippen LogP contribution in [0.3, 0.4) is 0 Å². The van der Waals surface area contributed by atoms with E-state index in [1.165, 1.54) is 11.1 Å². The van der Waals surface area contributed by atoms with Crippen LogP contribution in [0.25, 0.3) is 16.7 Å². The zero-order chi connectivity index (χ0) is 18.9. The number of hydrogen-bond donors (Lipinski definition) is 1. The number of aliphatic hydroxyl groups is 1. The van der Waals surface area contributed by atoms with E-state index in [0.717, 1.165) is 28.7 Å². The lowest BCUT2D eigenvalue weighted by atomic mass is 9.81. The van der Waals surface area contributed by atoms with Crippen molar-refractivity contribution < 1.29 is 5.11 Å². The van der Waals surface area contributed by atoms with E-state index in [0.29, 0.717) is 12.3 Å². The highest BCUT2D eigenvalue weighted by Crippen LogP contribution is 2.34. The fourth-order valence-electron chi connectivity index (χ4n) is 3.30. The minimum Gasteiger partial charge on any atom is -0.396 e. The lowest BCUT2D eigenvalue weighted by Crippen LogP contribution is -2.17. The van der Waals surface area contributed by atoms with E-state index < -0.39 is 0 Å². The fraction of sp³-hybridized carbons (Fsp3) is 0.455. The predicted octanol–water partition coefficient (Wildman–Crippen LogP) is 4.77. The molecule has 1 unspecified atom stereocenters. The Hall–Kier alpha value is -2.20. The molecule has 0 aliphatic rings. The minimum atomic E-state index is 0.0290. The molecule has 138 valence electrons. The van der Waals surface area contributed by atoms with E-state index in [2.05, 4.69) is 46.8 Å². The maximum absolute atomic E-state index is 9.69. The van der Waals surface area contributed by atoms with Gasteiger partial charge in [0, 0.05) is 6.61 Å². The molecule has 3 rings (SSSR count). The van der Waals surface area contributed by atoms with E-state index in [4.69, 9.17) is 10.2 Å². The number of fused-ring (bicyclic) bond motifs is 1. The summed E-state index contributed by atoms with van der Waals surface area (Å²) in [6.45, 7) is 11.3. The molecule has 4 nitrogen and oxygen atoms in total. The van der Waals surface area contributed by atoms with Crippen molar-refractivity contribution >= 4 is 11.0 Å². The average Bonchev–Trinajstić information content (AvgIpc) is 3.04. The first-order valence-corrected chi connectivity index (χ1v) is 9.45. The first kappa shape index (κ1) is 18.6. The lowest BCUT2D eigenvalue weighted by molar-refractivity contribution is 0.299. The third kappa shape index (κ3) is 3.51. The van der Waals surface area contributed by atoms with Gasteiger partial charge in [-0.2, -0.15) is 4.80 Å². The number of rotatable bonds is 5. The zero-order valence-corrected chi connectivity index (χ0v) is 16.5. The molecule has 0 bridgehead atoms. The molecule has 0 radical (unpaired) electrons. The number of benzene rings is 2. The van der Waals surface area contributed by atoms with Crippen molar-refractivity contribution in [3.63, 3.8) is 0 Å². The van der Waals surface area contributed by atoms with Crippen molar-refractivity contribution in [3.8, 4) is 5.69 Å². The smallest absolute Gasteiger partial charge is 0.113 e. The van der Waals surface area contributed by atoms with Crippen molar-refractivity contribution in [2.75, 3.05) is 6.61 Å². The van der Waals surface area contributed by atoms with Crippen LogP contribution in [0.4, 0.5) is 0 Å². The highest BCUT2D eigenvalue weighted by molar-refractivity contribution is 5.73. The summed E-state index contributed by atoms with van der Waals surface area (Å²) < 4.78 is 0. The Bertz CT molecular complexity index is 872. The van der Waals surface area contributed by atoms with Crippen LogP contribution in [0.15, 0.2) is 36.4 Å². The molecule has 1 aromatic heterocycles. The summed E-state index contributed by atoms with van der Waals surface area (Å²) in [4.78, 5) is 1.75. The molecule has 3 aromatic rings. The Balaban J connectivity index is 2.29. The quantitative estimate of drug-likeness (QED) is 0.720. The predicted molar refractivity (Wildman–Crippen MR) is 107 cm³/mol. The van der Waals surface area contributed by atoms with Crippen molar-refractivity contribution in [2.45, 2.75) is 58.8 Å². The number of hydrogen-bond acceptors (Lipinski definition) is 3. The van der Waals surface area contributed by atoms with E-state index in [-0.39, 0.29) is 12.0 Å². The van der Waals surface area contributed by atoms with Gasteiger partial charge in [0.25, 0.3) is 0 Å². The van der Waals surface area contributed by atoms with Gasteiger partial charge in [0.2, 0.25) is 0 Å². The second kappa shape index (κ2) is 7.20. The molecule has 2 aromatic carbocycles. The third-order valence-corrected chi connectivity index (χ3v) is 5.13. The molecule has 0 amide bonds. The Kier molecular flexibility index (Phi) is 5.15. The van der Waals surface area contributed by atoms with Gasteiger partial charge in [-0.15, -0.1) is 10.2 Å². The molecule has 0 aliphatic heterocycles. The van der Waals surface area contributed by atoms with Crippen LogP contribution in [-0.4, -0.2) is 26.7 Å². The highest BCUT2D eigenvalue weighted by atomic mass is 16.3. The second-order valence-electron chi connectivity index (χ2n) is 8.07. The van der Waals surface area contributed by atoms with Gasteiger partial charge in [-0.05, 0) is 59.1 Å². The maximum atomic E-state index is 9.69. The molecule has 0 spiro atoms. The Morgan fingerprint density at radius 3 is 2.19 bits per heavy atom. The number of aromatic nitrogens is 3. The monoisotopic (exact) mass is 351 g/mol. The lowest BCUT2D eigenvalue weighted by Gasteiger charge is -2.25. The fourth-order valence-corrected chi connectivity index (χ4v) is 3.30. The normalized spacial score (nSPS) is 13.3. The van der Waals surface area contributed by atoms with Gasteiger partial charge in [-0.1, -0.05) is 52.8 Å². The number of nitrogens with zero attached hydrogens (tertiary/aromatic N) is 3. The summed E-state index contributed by atoms with van der Waals surface area (Å²) in [6, 6.07) is 12.4. The standard InChI is InChI=1S/C22H29N3O/c1-6-15(2)18-13-16(22(3,4)5)14-21(17(18)11-12-26)25-23-19-9-7-8-10-20(19)24-25/h7-10,13-15,26H,6,11-12H2,1-5H3. The van der Waals surface area contributed by atoms with Crippen molar-refractivity contribution in [1.82, 2.24) is 15.0 Å². The van der Waals surface area contributed by atoms with Crippen LogP contribution in [0.5, 0.6) is 0 Å². The first-order chi connectivity index (χ1) is 12.3. The molecular formula is C22H29N3O. The van der Waals surface area contributed by atoms with Gasteiger partial charge >= 0.3 is 0 Å². The van der Waals surface area contributed by atoms with Crippen molar-refractivity contribution in [1.29, 1.82) is 0 Å². The van der Waals surface area contributed by atoms with Crippen LogP contribution in [0, 0.1) is 0 Å². The third-order valence-electron chi connectivity index (χ3n) is 5.13. The Labute approximate surface area is 155 Å². The molecule has 0 saturated heterocycles. The SMILES string of the molecule is CCC(C)c1cc(C(C)(C)C)cc(-n2nc3ccccc3n2)c1CCO. The van der Waals surface area contributed by atoms with Gasteiger partial charge in [0.05, 0.1) is 5.69 Å². The van der Waals surface area contributed by atoms with Gasteiger partial charge in [0.1, 0.15) is 11.0 Å². The number of aliphatic hydroxyl groups excluding tert-OH is 1. The van der Waals surface area contributed by atoms with Crippen LogP contribution < -0.4 is 0 Å². The average molecular weight is 351 g/mol. The van der Waals surface area contributed by atoms with Crippen LogP contribution in [-0.2, 0) is 11.8 Å². The molecule has 0 aliphatic carbocycles. The molecule has 0 fully saturated rings. The molecular weight excluding hydrogens is 322 g/mol. The highest BCUT2D eigenvalue weighted by Gasteiger charge is 2.22. The molecule has 26 heavy (non-hydrogen) atoms. The second-order valence-corrected chi connectivity index (χ2v) is 8.07. The summed E-state index contributed by atoms with van der Waals surface area (Å²) in [5.41, 5.74) is 6.49. The molecule has 1 heterocycles. The zero-order valence-electron chi connectivity index (χ0n) is 16.5. The first-order valence-electron chi connectivity index (χ1n) is 9.45. The Morgan fingerprint density at radius 1 is 1.08 bits per heavy atom. The summed E-state index contributed by atoms with van der Waals surface area (Å²) >= 11 is 0.